The molecule has 2 atom stereocenters. The van der Waals surface area contributed by atoms with Crippen molar-refractivity contribution in [3.63, 3.8) is 0 Å². The number of rotatable bonds is 4. The fourth-order valence-electron chi connectivity index (χ4n) is 3.61. The maximum atomic E-state index is 10.4. The average Bonchev–Trinajstić information content (AvgIpc) is 3.11. The maximum Gasteiger partial charge on any atom is 0.151 e. The number of aromatic nitrogens is 5. The van der Waals surface area contributed by atoms with E-state index in [4.69, 9.17) is 0 Å². The molecule has 0 radical (unpaired) electrons. The summed E-state index contributed by atoms with van der Waals surface area (Å²) in [5.41, 5.74) is 2.74. The zero-order chi connectivity index (χ0) is 20.4. The normalized spacial score (nSPS) is 19.8. The van der Waals surface area contributed by atoms with Gasteiger partial charge in [-0.1, -0.05) is 12.2 Å². The molecule has 0 bridgehead atoms. The molecule has 4 rings (SSSR count). The second-order valence-electron chi connectivity index (χ2n) is 7.57. The quantitative estimate of drug-likeness (QED) is 0.705. The van der Waals surface area contributed by atoms with E-state index in [1.807, 2.05) is 37.5 Å². The summed E-state index contributed by atoms with van der Waals surface area (Å²) in [6, 6.07) is 6.26. The van der Waals surface area contributed by atoms with E-state index in [9.17, 15) is 5.11 Å². The minimum atomic E-state index is 0.0739. The first kappa shape index (κ1) is 19.1. The van der Waals surface area contributed by atoms with Crippen LogP contribution in [0.5, 0.6) is 5.75 Å². The minimum absolute atomic E-state index is 0.0739. The molecule has 1 fully saturated rings. The summed E-state index contributed by atoms with van der Waals surface area (Å²) < 4.78 is 1.74. The van der Waals surface area contributed by atoms with E-state index in [0.29, 0.717) is 23.5 Å². The fourth-order valence-corrected chi connectivity index (χ4v) is 3.61. The van der Waals surface area contributed by atoms with Gasteiger partial charge in [0.05, 0.1) is 6.20 Å². The van der Waals surface area contributed by atoms with Crippen LogP contribution in [0.3, 0.4) is 0 Å². The first-order valence-corrected chi connectivity index (χ1v) is 9.69. The molecule has 4 heterocycles. The first-order valence-electron chi connectivity index (χ1n) is 9.69. The van der Waals surface area contributed by atoms with Crippen molar-refractivity contribution in [1.29, 1.82) is 0 Å². The number of hydrogen-bond acceptors (Lipinski definition) is 7. The molecule has 1 saturated heterocycles. The van der Waals surface area contributed by atoms with E-state index in [1.54, 1.807) is 23.1 Å². The van der Waals surface area contributed by atoms with Gasteiger partial charge in [0.25, 0.3) is 0 Å². The van der Waals surface area contributed by atoms with Crippen LogP contribution in [0.15, 0.2) is 36.8 Å². The van der Waals surface area contributed by atoms with Crippen LogP contribution in [0.1, 0.15) is 25.0 Å². The lowest BCUT2D eigenvalue weighted by molar-refractivity contribution is 0.404. The van der Waals surface area contributed by atoms with Crippen LogP contribution in [-0.4, -0.2) is 55.2 Å². The van der Waals surface area contributed by atoms with Crippen molar-refractivity contribution in [2.75, 3.05) is 18.0 Å². The SMILES string of the molecule is C[C@@H]1CN(c2ccc(-c3ncc(/C=C/c4cnn(C)c4)cc3O)nn2)C[C@@H](C)N1. The van der Waals surface area contributed by atoms with Gasteiger partial charge in [-0.05, 0) is 37.6 Å². The van der Waals surface area contributed by atoms with Gasteiger partial charge in [-0.15, -0.1) is 10.2 Å². The van der Waals surface area contributed by atoms with Gasteiger partial charge in [-0.3, -0.25) is 4.68 Å². The van der Waals surface area contributed by atoms with Gasteiger partial charge in [0.1, 0.15) is 17.1 Å². The summed E-state index contributed by atoms with van der Waals surface area (Å²) in [5, 5.41) is 26.7. The number of nitrogens with zero attached hydrogens (tertiary/aromatic N) is 6. The number of pyridine rings is 1. The molecule has 8 heteroatoms. The molecule has 150 valence electrons. The Morgan fingerprint density at radius 2 is 1.83 bits per heavy atom. The van der Waals surface area contributed by atoms with E-state index in [0.717, 1.165) is 30.0 Å². The summed E-state index contributed by atoms with van der Waals surface area (Å²) in [7, 11) is 1.87. The molecule has 0 aromatic carbocycles. The topological polar surface area (TPSA) is 92.0 Å². The summed E-state index contributed by atoms with van der Waals surface area (Å²) in [6.07, 6.45) is 9.20. The number of aryl methyl sites for hydroxylation is 1. The van der Waals surface area contributed by atoms with Gasteiger partial charge in [0.2, 0.25) is 0 Å². The second-order valence-corrected chi connectivity index (χ2v) is 7.57. The molecule has 3 aromatic rings. The predicted octanol–water partition coefficient (Wildman–Crippen LogP) is 2.33. The molecule has 1 aliphatic rings. The van der Waals surface area contributed by atoms with Crippen molar-refractivity contribution in [2.24, 2.45) is 7.05 Å². The molecular formula is C21H25N7O. The number of piperazine rings is 1. The van der Waals surface area contributed by atoms with Gasteiger partial charge >= 0.3 is 0 Å². The van der Waals surface area contributed by atoms with Crippen molar-refractivity contribution in [1.82, 2.24) is 30.3 Å². The lowest BCUT2D eigenvalue weighted by Crippen LogP contribution is -2.54. The van der Waals surface area contributed by atoms with Crippen molar-refractivity contribution < 1.29 is 5.11 Å². The Labute approximate surface area is 169 Å². The molecule has 1 aliphatic heterocycles. The summed E-state index contributed by atoms with van der Waals surface area (Å²) in [4.78, 5) is 6.61. The summed E-state index contributed by atoms with van der Waals surface area (Å²) in [6.45, 7) is 6.10. The van der Waals surface area contributed by atoms with Crippen LogP contribution in [0.25, 0.3) is 23.5 Å². The third kappa shape index (κ3) is 4.43. The maximum absolute atomic E-state index is 10.4. The molecule has 8 nitrogen and oxygen atoms in total. The van der Waals surface area contributed by atoms with Gasteiger partial charge in [-0.2, -0.15) is 5.10 Å². The standard InChI is InChI=1S/C21H25N7O/c1-14-11-28(12-15(2)24-14)20-7-6-18(25-26-20)21-19(29)8-16(9-22-21)4-5-17-10-23-27(3)13-17/h4-10,13-15,24,29H,11-12H2,1-3H3/b5-4+/t14-,15-/m1/s1. The van der Waals surface area contributed by atoms with E-state index in [1.165, 1.54) is 0 Å². The second kappa shape index (κ2) is 8.00. The van der Waals surface area contributed by atoms with Crippen LogP contribution >= 0.6 is 0 Å². The average molecular weight is 391 g/mol. The van der Waals surface area contributed by atoms with Gasteiger partial charge in [0, 0.05) is 50.2 Å². The zero-order valence-electron chi connectivity index (χ0n) is 16.8. The highest BCUT2D eigenvalue weighted by Gasteiger charge is 2.22. The molecule has 2 N–H and O–H groups in total. The van der Waals surface area contributed by atoms with E-state index in [2.05, 4.69) is 44.3 Å². The molecule has 3 aromatic heterocycles. The highest BCUT2D eigenvalue weighted by atomic mass is 16.3. The molecule has 29 heavy (non-hydrogen) atoms. The van der Waals surface area contributed by atoms with Crippen molar-refractivity contribution >= 4 is 18.0 Å². The van der Waals surface area contributed by atoms with Crippen LogP contribution < -0.4 is 10.2 Å². The van der Waals surface area contributed by atoms with Gasteiger partial charge in [0.15, 0.2) is 5.82 Å². The lowest BCUT2D eigenvalue weighted by Gasteiger charge is -2.36. The highest BCUT2D eigenvalue weighted by molar-refractivity contribution is 5.72. The lowest BCUT2D eigenvalue weighted by atomic mass is 10.1. The predicted molar refractivity (Wildman–Crippen MR) is 113 cm³/mol. The minimum Gasteiger partial charge on any atom is -0.506 e. The molecule has 0 amide bonds. The third-order valence-electron chi connectivity index (χ3n) is 4.86. The highest BCUT2D eigenvalue weighted by Crippen LogP contribution is 2.27. The summed E-state index contributed by atoms with van der Waals surface area (Å²) >= 11 is 0. The largest absolute Gasteiger partial charge is 0.506 e. The number of anilines is 1. The number of nitrogens with one attached hydrogen (secondary N) is 1. The van der Waals surface area contributed by atoms with Crippen LogP contribution in [0, 0.1) is 0 Å². The monoisotopic (exact) mass is 391 g/mol. The summed E-state index contributed by atoms with van der Waals surface area (Å²) in [5.74, 6) is 0.911. The first-order chi connectivity index (χ1) is 14.0. The van der Waals surface area contributed by atoms with E-state index < -0.39 is 0 Å². The van der Waals surface area contributed by atoms with E-state index >= 15 is 0 Å². The Balaban J connectivity index is 1.50. The Kier molecular flexibility index (Phi) is 5.26. The van der Waals surface area contributed by atoms with Gasteiger partial charge in [-0.25, -0.2) is 4.98 Å². The van der Waals surface area contributed by atoms with Gasteiger partial charge < -0.3 is 15.3 Å². The van der Waals surface area contributed by atoms with Crippen LogP contribution in [0.2, 0.25) is 0 Å². The zero-order valence-corrected chi connectivity index (χ0v) is 16.8. The number of aromatic hydroxyl groups is 1. The van der Waals surface area contributed by atoms with E-state index in [-0.39, 0.29) is 5.75 Å². The smallest absolute Gasteiger partial charge is 0.151 e. The van der Waals surface area contributed by atoms with Crippen LogP contribution in [0.4, 0.5) is 5.82 Å². The Morgan fingerprint density at radius 1 is 1.07 bits per heavy atom. The molecule has 0 saturated carbocycles. The molecular weight excluding hydrogens is 366 g/mol. The fraction of sp³-hybridized carbons (Fsp3) is 0.333. The number of hydrogen-bond donors (Lipinski definition) is 2. The molecule has 0 aliphatic carbocycles. The van der Waals surface area contributed by atoms with Crippen molar-refractivity contribution in [3.8, 4) is 17.1 Å². The Morgan fingerprint density at radius 3 is 2.45 bits per heavy atom. The Bertz CT molecular complexity index is 1000. The third-order valence-corrected chi connectivity index (χ3v) is 4.86. The molecule has 0 unspecified atom stereocenters. The van der Waals surface area contributed by atoms with Crippen LogP contribution in [-0.2, 0) is 7.05 Å². The van der Waals surface area contributed by atoms with Crippen molar-refractivity contribution in [3.05, 3.63) is 47.9 Å². The molecule has 0 spiro atoms. The van der Waals surface area contributed by atoms with Crippen molar-refractivity contribution in [2.45, 2.75) is 25.9 Å². The Hall–Kier alpha value is -3.26.